The number of hydrogen-bond acceptors (Lipinski definition) is 5. The minimum Gasteiger partial charge on any atom is -0.462 e. The van der Waals surface area contributed by atoms with Crippen LogP contribution in [0.5, 0.6) is 5.75 Å². The highest BCUT2D eigenvalue weighted by Crippen LogP contribution is 2.28. The van der Waals surface area contributed by atoms with Crippen LogP contribution in [0, 0.1) is 11.3 Å². The van der Waals surface area contributed by atoms with Gasteiger partial charge in [-0.3, -0.25) is 4.79 Å². The van der Waals surface area contributed by atoms with Crippen LogP contribution < -0.4 is 4.74 Å². The van der Waals surface area contributed by atoms with Crippen LogP contribution in [-0.4, -0.2) is 25.5 Å². The van der Waals surface area contributed by atoms with Gasteiger partial charge in [0.05, 0.1) is 17.7 Å². The Bertz CT molecular complexity index is 537. The van der Waals surface area contributed by atoms with Gasteiger partial charge >= 0.3 is 12.6 Å². The molecule has 5 nitrogen and oxygen atoms in total. The number of alkyl halides is 2. The zero-order valence-corrected chi connectivity index (χ0v) is 9.85. The van der Waals surface area contributed by atoms with Gasteiger partial charge in [0.25, 0.3) is 0 Å². The molecule has 0 spiro atoms. The molecular formula is C12H9F2NO4. The highest BCUT2D eigenvalue weighted by molar-refractivity contribution is 5.97. The van der Waals surface area contributed by atoms with Crippen LogP contribution >= 0.6 is 0 Å². The Labute approximate surface area is 107 Å². The molecule has 0 heterocycles. The molecule has 0 radical (unpaired) electrons. The maximum atomic E-state index is 12.3. The van der Waals surface area contributed by atoms with E-state index in [9.17, 15) is 18.4 Å². The van der Waals surface area contributed by atoms with Crippen LogP contribution in [0.25, 0.3) is 0 Å². The van der Waals surface area contributed by atoms with Crippen molar-refractivity contribution < 1.29 is 27.8 Å². The van der Waals surface area contributed by atoms with Gasteiger partial charge in [-0.15, -0.1) is 0 Å². The van der Waals surface area contributed by atoms with Crippen LogP contribution in [0.3, 0.4) is 0 Å². The molecule has 0 N–H and O–H groups in total. The number of nitriles is 1. The van der Waals surface area contributed by atoms with Gasteiger partial charge in [0.1, 0.15) is 11.6 Å². The summed E-state index contributed by atoms with van der Waals surface area (Å²) < 4.78 is 33.5. The molecule has 100 valence electrons. The molecule has 1 rings (SSSR count). The average Bonchev–Trinajstić information content (AvgIpc) is 2.37. The van der Waals surface area contributed by atoms with Crippen molar-refractivity contribution >= 4 is 12.3 Å². The first-order valence-corrected chi connectivity index (χ1v) is 5.19. The van der Waals surface area contributed by atoms with Crippen LogP contribution in [0.4, 0.5) is 8.78 Å². The third kappa shape index (κ3) is 3.25. The zero-order chi connectivity index (χ0) is 14.4. The minimum absolute atomic E-state index is 0.0311. The van der Waals surface area contributed by atoms with Gasteiger partial charge in [-0.2, -0.15) is 14.0 Å². The second-order valence-electron chi connectivity index (χ2n) is 3.23. The number of halogens is 2. The number of aldehydes is 1. The van der Waals surface area contributed by atoms with E-state index >= 15 is 0 Å². The van der Waals surface area contributed by atoms with Crippen molar-refractivity contribution in [2.45, 2.75) is 13.5 Å². The number of benzene rings is 1. The highest BCUT2D eigenvalue weighted by Gasteiger charge is 2.22. The SMILES string of the molecule is CCOC(=O)c1ccc(C#N)c(C=O)c1OC(F)F. The largest absolute Gasteiger partial charge is 0.462 e. The van der Waals surface area contributed by atoms with Crippen molar-refractivity contribution in [2.24, 2.45) is 0 Å². The Morgan fingerprint density at radius 3 is 2.68 bits per heavy atom. The molecule has 0 aliphatic heterocycles. The number of nitrogens with zero attached hydrogens (tertiary/aromatic N) is 1. The fourth-order valence-electron chi connectivity index (χ4n) is 1.40. The van der Waals surface area contributed by atoms with E-state index in [0.717, 1.165) is 12.1 Å². The molecule has 7 heteroatoms. The summed E-state index contributed by atoms with van der Waals surface area (Å²) in [5, 5.41) is 8.77. The monoisotopic (exact) mass is 269 g/mol. The Morgan fingerprint density at radius 2 is 2.21 bits per heavy atom. The molecule has 0 aliphatic rings. The molecule has 0 aliphatic carbocycles. The lowest BCUT2D eigenvalue weighted by Gasteiger charge is -2.12. The van der Waals surface area contributed by atoms with Crippen LogP contribution in [-0.2, 0) is 4.74 Å². The summed E-state index contributed by atoms with van der Waals surface area (Å²) in [4.78, 5) is 22.5. The molecule has 1 aromatic carbocycles. The first kappa shape index (κ1) is 14.6. The molecular weight excluding hydrogens is 260 g/mol. The van der Waals surface area contributed by atoms with E-state index in [-0.39, 0.29) is 24.0 Å². The second kappa shape index (κ2) is 6.44. The molecule has 0 saturated carbocycles. The number of carbonyl (C=O) groups excluding carboxylic acids is 2. The Morgan fingerprint density at radius 1 is 1.53 bits per heavy atom. The number of rotatable bonds is 5. The summed E-state index contributed by atoms with van der Waals surface area (Å²) in [6, 6.07) is 3.91. The van der Waals surface area contributed by atoms with Crippen LogP contribution in [0.15, 0.2) is 12.1 Å². The lowest BCUT2D eigenvalue weighted by molar-refractivity contribution is -0.0506. The van der Waals surface area contributed by atoms with Gasteiger partial charge in [-0.25, -0.2) is 4.79 Å². The van der Waals surface area contributed by atoms with E-state index in [4.69, 9.17) is 5.26 Å². The maximum Gasteiger partial charge on any atom is 0.387 e. The van der Waals surface area contributed by atoms with E-state index < -0.39 is 23.9 Å². The summed E-state index contributed by atoms with van der Waals surface area (Å²) in [6.45, 7) is -1.67. The van der Waals surface area contributed by atoms with Crippen molar-refractivity contribution in [1.29, 1.82) is 5.26 Å². The van der Waals surface area contributed by atoms with Crippen LogP contribution in [0.1, 0.15) is 33.2 Å². The summed E-state index contributed by atoms with van der Waals surface area (Å²) >= 11 is 0. The second-order valence-corrected chi connectivity index (χ2v) is 3.23. The first-order chi connectivity index (χ1) is 9.04. The first-order valence-electron chi connectivity index (χ1n) is 5.19. The number of hydrogen-bond donors (Lipinski definition) is 0. The molecule has 0 unspecified atom stereocenters. The van der Waals surface area contributed by atoms with Gasteiger partial charge in [-0.1, -0.05) is 0 Å². The topological polar surface area (TPSA) is 76.4 Å². The average molecular weight is 269 g/mol. The molecule has 0 bridgehead atoms. The van der Waals surface area contributed by atoms with Crippen molar-refractivity contribution in [1.82, 2.24) is 0 Å². The quantitative estimate of drug-likeness (QED) is 0.604. The van der Waals surface area contributed by atoms with E-state index in [0.29, 0.717) is 0 Å². The van der Waals surface area contributed by atoms with E-state index in [2.05, 4.69) is 9.47 Å². The summed E-state index contributed by atoms with van der Waals surface area (Å²) in [6.07, 6.45) is 0.180. The fraction of sp³-hybridized carbons (Fsp3) is 0.250. The number of carbonyl (C=O) groups is 2. The van der Waals surface area contributed by atoms with Crippen LogP contribution in [0.2, 0.25) is 0 Å². The molecule has 0 amide bonds. The van der Waals surface area contributed by atoms with Crippen molar-refractivity contribution in [3.63, 3.8) is 0 Å². The van der Waals surface area contributed by atoms with Gasteiger partial charge in [0, 0.05) is 0 Å². The number of esters is 1. The Hall–Kier alpha value is -2.49. The zero-order valence-electron chi connectivity index (χ0n) is 9.85. The van der Waals surface area contributed by atoms with E-state index in [1.165, 1.54) is 6.92 Å². The summed E-state index contributed by atoms with van der Waals surface area (Å²) in [7, 11) is 0. The molecule has 0 aromatic heterocycles. The summed E-state index contributed by atoms with van der Waals surface area (Å²) in [5.41, 5.74) is -0.907. The Balaban J connectivity index is 3.42. The highest BCUT2D eigenvalue weighted by atomic mass is 19.3. The molecule has 19 heavy (non-hydrogen) atoms. The van der Waals surface area contributed by atoms with E-state index in [1.54, 1.807) is 6.07 Å². The van der Waals surface area contributed by atoms with Gasteiger partial charge in [0.2, 0.25) is 0 Å². The normalized spacial score (nSPS) is 9.84. The van der Waals surface area contributed by atoms with Gasteiger partial charge < -0.3 is 9.47 Å². The minimum atomic E-state index is -3.24. The maximum absolute atomic E-state index is 12.3. The lowest BCUT2D eigenvalue weighted by Crippen LogP contribution is -2.13. The third-order valence-electron chi connectivity index (χ3n) is 2.14. The Kier molecular flexibility index (Phi) is 4.94. The molecule has 0 atom stereocenters. The van der Waals surface area contributed by atoms with Crippen molar-refractivity contribution in [2.75, 3.05) is 6.61 Å². The van der Waals surface area contributed by atoms with Gasteiger partial charge in [0.15, 0.2) is 12.0 Å². The third-order valence-corrected chi connectivity index (χ3v) is 2.14. The van der Waals surface area contributed by atoms with Crippen molar-refractivity contribution in [3.8, 4) is 11.8 Å². The van der Waals surface area contributed by atoms with E-state index in [1.807, 2.05) is 0 Å². The fourth-order valence-corrected chi connectivity index (χ4v) is 1.40. The predicted molar refractivity (Wildman–Crippen MR) is 59.1 cm³/mol. The predicted octanol–water partition coefficient (Wildman–Crippen LogP) is 2.15. The standard InChI is InChI=1S/C12H9F2NO4/c1-2-18-11(17)8-4-3-7(5-15)9(6-16)10(8)19-12(13)14/h3-4,6,12H,2H2,1H3. The van der Waals surface area contributed by atoms with Gasteiger partial charge in [-0.05, 0) is 19.1 Å². The molecule has 0 saturated heterocycles. The smallest absolute Gasteiger partial charge is 0.387 e. The number of ether oxygens (including phenoxy) is 2. The molecule has 1 aromatic rings. The summed E-state index contributed by atoms with van der Waals surface area (Å²) in [5.74, 6) is -1.56. The lowest BCUT2D eigenvalue weighted by atomic mass is 10.0. The molecule has 0 fully saturated rings. The van der Waals surface area contributed by atoms with Crippen molar-refractivity contribution in [3.05, 3.63) is 28.8 Å².